The van der Waals surface area contributed by atoms with Crippen LogP contribution in [0.25, 0.3) is 28.2 Å². The lowest BCUT2D eigenvalue weighted by Gasteiger charge is -2.24. The molecule has 1 aliphatic carbocycles. The highest BCUT2D eigenvalue weighted by Gasteiger charge is 2.27. The Morgan fingerprint density at radius 2 is 1.62 bits per heavy atom. The Morgan fingerprint density at radius 1 is 0.938 bits per heavy atom. The Bertz CT molecular complexity index is 1430. The molecule has 0 radical (unpaired) electrons. The molecule has 1 fully saturated rings. The molecule has 2 aromatic heterocycles. The molecule has 0 spiro atoms. The minimum Gasteiger partial charge on any atom is -0.286 e. The summed E-state index contributed by atoms with van der Waals surface area (Å²) in [4.78, 5) is 31.5. The zero-order valence-corrected chi connectivity index (χ0v) is 19.1. The van der Waals surface area contributed by atoms with Crippen LogP contribution in [0.1, 0.15) is 38.1 Å². The van der Waals surface area contributed by atoms with Crippen LogP contribution in [0.4, 0.5) is 0 Å². The number of imidazole rings is 1. The highest BCUT2D eigenvalue weighted by Crippen LogP contribution is 2.34. The summed E-state index contributed by atoms with van der Waals surface area (Å²) in [7, 11) is 1.53. The maximum atomic E-state index is 13.4. The first-order valence-corrected chi connectivity index (χ1v) is 11.5. The van der Waals surface area contributed by atoms with E-state index < -0.39 is 5.56 Å². The van der Waals surface area contributed by atoms with Crippen molar-refractivity contribution in [2.45, 2.75) is 38.1 Å². The van der Waals surface area contributed by atoms with Crippen LogP contribution in [0, 0.1) is 0 Å². The second-order valence-corrected chi connectivity index (χ2v) is 9.05. The number of rotatable bonds is 3. The standard InChI is InChI=1S/C24H22Cl2N4O2/c1-28-23(31)20-22(30(24(28)32)16-7-3-2-4-8-16)27-21(18-9-5-6-10-19(18)26)29(20)17-13-11-15(25)12-14-17/h5-6,9-14,16H,2-4,7-8H2,1H3. The Balaban J connectivity index is 1.93. The molecule has 0 atom stereocenters. The highest BCUT2D eigenvalue weighted by molar-refractivity contribution is 6.33. The average molecular weight is 469 g/mol. The lowest BCUT2D eigenvalue weighted by molar-refractivity contribution is 0.345. The van der Waals surface area contributed by atoms with Crippen molar-refractivity contribution in [3.63, 3.8) is 0 Å². The van der Waals surface area contributed by atoms with Crippen LogP contribution in [-0.2, 0) is 7.05 Å². The van der Waals surface area contributed by atoms with Gasteiger partial charge in [0.25, 0.3) is 5.56 Å². The molecule has 32 heavy (non-hydrogen) atoms. The van der Waals surface area contributed by atoms with Gasteiger partial charge in [-0.1, -0.05) is 54.6 Å². The molecule has 4 aromatic rings. The number of benzene rings is 2. The van der Waals surface area contributed by atoms with Gasteiger partial charge in [0.15, 0.2) is 11.2 Å². The highest BCUT2D eigenvalue weighted by atomic mass is 35.5. The first-order chi connectivity index (χ1) is 15.5. The molecule has 164 valence electrons. The third-order valence-electron chi connectivity index (χ3n) is 6.23. The zero-order valence-electron chi connectivity index (χ0n) is 17.6. The third kappa shape index (κ3) is 3.38. The molecule has 0 aliphatic heterocycles. The Labute approximate surface area is 194 Å². The van der Waals surface area contributed by atoms with Crippen LogP contribution in [0.5, 0.6) is 0 Å². The molecular weight excluding hydrogens is 447 g/mol. The molecule has 8 heteroatoms. The monoisotopic (exact) mass is 468 g/mol. The second-order valence-electron chi connectivity index (χ2n) is 8.21. The fourth-order valence-electron chi connectivity index (χ4n) is 4.60. The van der Waals surface area contributed by atoms with E-state index in [0.29, 0.717) is 32.6 Å². The maximum absolute atomic E-state index is 13.4. The van der Waals surface area contributed by atoms with Gasteiger partial charge >= 0.3 is 5.69 Å². The van der Waals surface area contributed by atoms with Crippen LogP contribution in [-0.4, -0.2) is 18.7 Å². The van der Waals surface area contributed by atoms with Gasteiger partial charge in [0.2, 0.25) is 0 Å². The van der Waals surface area contributed by atoms with Gasteiger partial charge in [-0.05, 0) is 49.2 Å². The molecule has 2 heterocycles. The van der Waals surface area contributed by atoms with E-state index in [9.17, 15) is 9.59 Å². The molecule has 0 saturated heterocycles. The van der Waals surface area contributed by atoms with E-state index in [1.54, 1.807) is 27.3 Å². The Kier molecular flexibility index (Phi) is 5.43. The summed E-state index contributed by atoms with van der Waals surface area (Å²) in [5.41, 5.74) is 1.44. The maximum Gasteiger partial charge on any atom is 0.332 e. The van der Waals surface area contributed by atoms with Gasteiger partial charge in [-0.25, -0.2) is 9.78 Å². The van der Waals surface area contributed by atoms with E-state index in [1.165, 1.54) is 11.6 Å². The van der Waals surface area contributed by atoms with Crippen molar-refractivity contribution in [2.24, 2.45) is 7.05 Å². The molecular formula is C24H22Cl2N4O2. The molecule has 0 unspecified atom stereocenters. The number of aromatic nitrogens is 4. The lowest BCUT2D eigenvalue weighted by atomic mass is 9.95. The summed E-state index contributed by atoms with van der Waals surface area (Å²) < 4.78 is 4.68. The number of fused-ring (bicyclic) bond motifs is 1. The molecule has 6 nitrogen and oxygen atoms in total. The van der Waals surface area contributed by atoms with Crippen molar-refractivity contribution in [3.05, 3.63) is 79.4 Å². The van der Waals surface area contributed by atoms with Crippen LogP contribution in [0.15, 0.2) is 58.1 Å². The predicted molar refractivity (Wildman–Crippen MR) is 128 cm³/mol. The summed E-state index contributed by atoms with van der Waals surface area (Å²) in [5, 5.41) is 1.10. The van der Waals surface area contributed by atoms with Crippen LogP contribution < -0.4 is 11.2 Å². The smallest absolute Gasteiger partial charge is 0.286 e. The fourth-order valence-corrected chi connectivity index (χ4v) is 4.95. The molecule has 1 saturated carbocycles. The van der Waals surface area contributed by atoms with Gasteiger partial charge in [-0.15, -0.1) is 0 Å². The zero-order chi connectivity index (χ0) is 22.4. The summed E-state index contributed by atoms with van der Waals surface area (Å²) in [5.74, 6) is 0.514. The van der Waals surface area contributed by atoms with E-state index in [1.807, 2.05) is 30.3 Å². The minimum atomic E-state index is -0.391. The number of hydrogen-bond donors (Lipinski definition) is 0. The van der Waals surface area contributed by atoms with Crippen molar-refractivity contribution in [1.29, 1.82) is 0 Å². The molecule has 0 bridgehead atoms. The summed E-state index contributed by atoms with van der Waals surface area (Å²) in [6.07, 6.45) is 5.04. The van der Waals surface area contributed by atoms with E-state index in [2.05, 4.69) is 0 Å². The van der Waals surface area contributed by atoms with Crippen molar-refractivity contribution < 1.29 is 0 Å². The predicted octanol–water partition coefficient (Wildman–Crippen LogP) is 5.36. The van der Waals surface area contributed by atoms with Gasteiger partial charge in [-0.3, -0.25) is 18.5 Å². The number of halogens is 2. The SMILES string of the molecule is Cn1c(=O)c2c(nc(-c3ccccc3Cl)n2-c2ccc(Cl)cc2)n(C2CCCCC2)c1=O. The summed E-state index contributed by atoms with van der Waals surface area (Å²) >= 11 is 12.7. The van der Waals surface area contributed by atoms with Gasteiger partial charge in [0.1, 0.15) is 5.82 Å². The Morgan fingerprint density at radius 3 is 2.31 bits per heavy atom. The van der Waals surface area contributed by atoms with Crippen molar-refractivity contribution in [1.82, 2.24) is 18.7 Å². The number of nitrogens with zero attached hydrogens (tertiary/aromatic N) is 4. The van der Waals surface area contributed by atoms with E-state index >= 15 is 0 Å². The summed E-state index contributed by atoms with van der Waals surface area (Å²) in [6, 6.07) is 14.6. The molecule has 2 aromatic carbocycles. The first-order valence-electron chi connectivity index (χ1n) is 10.7. The second kappa shape index (κ2) is 8.26. The van der Waals surface area contributed by atoms with Crippen LogP contribution in [0.2, 0.25) is 10.0 Å². The number of hydrogen-bond acceptors (Lipinski definition) is 3. The third-order valence-corrected chi connectivity index (χ3v) is 6.81. The van der Waals surface area contributed by atoms with Gasteiger partial charge in [0.05, 0.1) is 5.02 Å². The van der Waals surface area contributed by atoms with Crippen LogP contribution in [0.3, 0.4) is 0 Å². The van der Waals surface area contributed by atoms with Crippen molar-refractivity contribution in [3.8, 4) is 17.1 Å². The van der Waals surface area contributed by atoms with Gasteiger partial charge in [-0.2, -0.15) is 0 Å². The molecule has 0 N–H and O–H groups in total. The fraction of sp³-hybridized carbons (Fsp3) is 0.292. The normalized spacial score (nSPS) is 14.8. The van der Waals surface area contributed by atoms with Crippen LogP contribution >= 0.6 is 23.2 Å². The van der Waals surface area contributed by atoms with E-state index in [0.717, 1.165) is 37.8 Å². The van der Waals surface area contributed by atoms with Crippen molar-refractivity contribution in [2.75, 3.05) is 0 Å². The average Bonchev–Trinajstić information content (AvgIpc) is 3.19. The van der Waals surface area contributed by atoms with Gasteiger partial charge < -0.3 is 0 Å². The quantitative estimate of drug-likeness (QED) is 0.406. The Hall–Kier alpha value is -2.83. The molecule has 1 aliphatic rings. The first kappa shape index (κ1) is 21.0. The van der Waals surface area contributed by atoms with E-state index in [4.69, 9.17) is 28.2 Å². The lowest BCUT2D eigenvalue weighted by Crippen LogP contribution is -2.40. The molecule has 0 amide bonds. The van der Waals surface area contributed by atoms with Gasteiger partial charge in [0, 0.05) is 29.4 Å². The van der Waals surface area contributed by atoms with E-state index in [-0.39, 0.29) is 11.7 Å². The van der Waals surface area contributed by atoms with Crippen molar-refractivity contribution >= 4 is 34.4 Å². The topological polar surface area (TPSA) is 61.8 Å². The minimum absolute atomic E-state index is 0.0122. The summed E-state index contributed by atoms with van der Waals surface area (Å²) in [6.45, 7) is 0. The molecule has 5 rings (SSSR count). The largest absolute Gasteiger partial charge is 0.332 e.